The number of unbranched alkanes of at least 4 members (excludes halogenated alkanes) is 1. The molecule has 0 spiro atoms. The van der Waals surface area contributed by atoms with Gasteiger partial charge >= 0.3 is 0 Å². The van der Waals surface area contributed by atoms with E-state index >= 15 is 0 Å². The first-order chi connectivity index (χ1) is 17.5. The van der Waals surface area contributed by atoms with Gasteiger partial charge in [0.25, 0.3) is 11.5 Å². The molecule has 5 nitrogen and oxygen atoms in total. The van der Waals surface area contributed by atoms with Gasteiger partial charge in [-0.05, 0) is 68.1 Å². The molecular formula is C31H35N3O2. The highest BCUT2D eigenvalue weighted by molar-refractivity contribution is 5.94. The van der Waals surface area contributed by atoms with Gasteiger partial charge in [-0.15, -0.1) is 0 Å². The highest BCUT2D eigenvalue weighted by Crippen LogP contribution is 2.28. The van der Waals surface area contributed by atoms with Gasteiger partial charge < -0.3 is 4.90 Å². The number of hydrogen-bond donors (Lipinski definition) is 0. The molecule has 4 aromatic rings. The maximum absolute atomic E-state index is 13.9. The number of carbonyl (C=O) groups excluding carboxylic acids is 1. The molecule has 1 atom stereocenters. The van der Waals surface area contributed by atoms with Crippen LogP contribution in [0.2, 0.25) is 0 Å². The molecule has 4 rings (SSSR count). The molecule has 1 heterocycles. The molecule has 3 aromatic carbocycles. The molecule has 0 bridgehead atoms. The third-order valence-corrected chi connectivity index (χ3v) is 6.78. The second-order valence-corrected chi connectivity index (χ2v) is 9.29. The van der Waals surface area contributed by atoms with Crippen LogP contribution in [-0.2, 0) is 6.42 Å². The molecular weight excluding hydrogens is 446 g/mol. The van der Waals surface area contributed by atoms with Crippen LogP contribution in [0.4, 0.5) is 0 Å². The summed E-state index contributed by atoms with van der Waals surface area (Å²) in [7, 11) is 0. The third-order valence-electron chi connectivity index (χ3n) is 6.78. The summed E-state index contributed by atoms with van der Waals surface area (Å²) < 4.78 is 1.71. The third kappa shape index (κ3) is 5.11. The number of nitrogens with zero attached hydrogens (tertiary/aromatic N) is 3. The van der Waals surface area contributed by atoms with E-state index in [9.17, 15) is 9.59 Å². The Hall–Kier alpha value is -3.73. The Bertz CT molecular complexity index is 1390. The highest BCUT2D eigenvalue weighted by atomic mass is 16.2. The zero-order valence-electron chi connectivity index (χ0n) is 21.7. The summed E-state index contributed by atoms with van der Waals surface area (Å²) in [4.78, 5) is 34.6. The summed E-state index contributed by atoms with van der Waals surface area (Å²) in [6.45, 7) is 8.89. The van der Waals surface area contributed by atoms with E-state index in [-0.39, 0.29) is 17.5 Å². The van der Waals surface area contributed by atoms with Crippen molar-refractivity contribution < 1.29 is 4.79 Å². The lowest BCUT2D eigenvalue weighted by atomic mass is 10.1. The summed E-state index contributed by atoms with van der Waals surface area (Å²) in [5, 5.41) is 0.570. The second kappa shape index (κ2) is 11.3. The average Bonchev–Trinajstić information content (AvgIpc) is 2.91. The van der Waals surface area contributed by atoms with E-state index < -0.39 is 0 Å². The van der Waals surface area contributed by atoms with Crippen LogP contribution in [0.3, 0.4) is 0 Å². The van der Waals surface area contributed by atoms with Gasteiger partial charge in [0.15, 0.2) is 0 Å². The smallest absolute Gasteiger partial charge is 0.266 e. The molecule has 186 valence electrons. The lowest BCUT2D eigenvalue weighted by Crippen LogP contribution is -2.39. The van der Waals surface area contributed by atoms with Gasteiger partial charge in [-0.3, -0.25) is 14.2 Å². The fourth-order valence-corrected chi connectivity index (χ4v) is 4.64. The van der Waals surface area contributed by atoms with Crippen LogP contribution in [0.1, 0.15) is 73.4 Å². The molecule has 0 aliphatic carbocycles. The molecule has 1 unspecified atom stereocenters. The quantitative estimate of drug-likeness (QED) is 0.269. The first-order valence-electron chi connectivity index (χ1n) is 13.0. The predicted octanol–water partition coefficient (Wildman–Crippen LogP) is 6.65. The highest BCUT2D eigenvalue weighted by Gasteiger charge is 2.29. The average molecular weight is 482 g/mol. The first-order valence-corrected chi connectivity index (χ1v) is 13.0. The van der Waals surface area contributed by atoms with E-state index in [1.165, 1.54) is 5.56 Å². The number of carbonyl (C=O) groups is 1. The van der Waals surface area contributed by atoms with Crippen molar-refractivity contribution in [3.63, 3.8) is 0 Å². The largest absolute Gasteiger partial charge is 0.328 e. The lowest BCUT2D eigenvalue weighted by molar-refractivity contribution is 0.0656. The van der Waals surface area contributed by atoms with Crippen molar-refractivity contribution in [2.45, 2.75) is 59.4 Å². The molecule has 1 aromatic heterocycles. The Labute approximate surface area is 213 Å². The van der Waals surface area contributed by atoms with Crippen LogP contribution in [0.25, 0.3) is 16.6 Å². The van der Waals surface area contributed by atoms with Crippen molar-refractivity contribution in [1.29, 1.82) is 0 Å². The number of aromatic nitrogens is 2. The first kappa shape index (κ1) is 25.4. The summed E-state index contributed by atoms with van der Waals surface area (Å²) in [6, 6.07) is 22.8. The van der Waals surface area contributed by atoms with E-state index in [1.54, 1.807) is 4.57 Å². The molecule has 36 heavy (non-hydrogen) atoms. The number of fused-ring (bicyclic) bond motifs is 1. The van der Waals surface area contributed by atoms with Crippen molar-refractivity contribution in [2.75, 3.05) is 6.54 Å². The van der Waals surface area contributed by atoms with E-state index in [0.29, 0.717) is 35.3 Å². The van der Waals surface area contributed by atoms with E-state index in [0.717, 1.165) is 30.5 Å². The Morgan fingerprint density at radius 2 is 1.64 bits per heavy atom. The maximum atomic E-state index is 13.9. The predicted molar refractivity (Wildman–Crippen MR) is 147 cm³/mol. The van der Waals surface area contributed by atoms with Crippen LogP contribution in [-0.4, -0.2) is 26.9 Å². The Kier molecular flexibility index (Phi) is 7.99. The number of benzene rings is 3. The van der Waals surface area contributed by atoms with Gasteiger partial charge in [0.2, 0.25) is 0 Å². The van der Waals surface area contributed by atoms with Crippen LogP contribution < -0.4 is 5.56 Å². The minimum absolute atomic E-state index is 0.0365. The van der Waals surface area contributed by atoms with Gasteiger partial charge in [0, 0.05) is 12.1 Å². The number of aryl methyl sites for hydroxylation is 2. The SMILES string of the molecule is CCCCN(C(=O)c1ccc(C)cc1)C(CC)c1nc2ccccc2c(=O)n1-c1ccc(CC)cc1. The van der Waals surface area contributed by atoms with Gasteiger partial charge in [0.05, 0.1) is 22.6 Å². The summed E-state index contributed by atoms with van der Waals surface area (Å²) in [5.41, 5.74) is 4.26. The monoisotopic (exact) mass is 481 g/mol. The molecule has 0 aliphatic rings. The fraction of sp³-hybridized carbons (Fsp3) is 0.323. The molecule has 0 fully saturated rings. The molecule has 5 heteroatoms. The topological polar surface area (TPSA) is 55.2 Å². The van der Waals surface area contributed by atoms with Crippen LogP contribution in [0, 0.1) is 6.92 Å². The standard InChI is InChI=1S/C31H35N3O2/c1-5-8-21-33(30(35)24-17-13-22(4)14-18-24)28(7-3)29-32-27-12-10-9-11-26(27)31(36)34(29)25-19-15-23(6-2)16-20-25/h9-20,28H,5-8,21H2,1-4H3. The maximum Gasteiger partial charge on any atom is 0.266 e. The Morgan fingerprint density at radius 1 is 0.944 bits per heavy atom. The van der Waals surface area contributed by atoms with Crippen molar-refractivity contribution in [2.24, 2.45) is 0 Å². The molecule has 0 saturated heterocycles. The molecule has 0 radical (unpaired) electrons. The number of amides is 1. The Balaban J connectivity index is 1.92. The van der Waals surface area contributed by atoms with Crippen molar-refractivity contribution in [1.82, 2.24) is 14.5 Å². The normalized spacial score (nSPS) is 12.0. The fourth-order valence-electron chi connectivity index (χ4n) is 4.64. The molecule has 0 saturated carbocycles. The van der Waals surface area contributed by atoms with Gasteiger partial charge in [-0.1, -0.05) is 69.2 Å². The van der Waals surface area contributed by atoms with Crippen molar-refractivity contribution in [3.8, 4) is 5.69 Å². The van der Waals surface area contributed by atoms with E-state index in [1.807, 2.05) is 84.6 Å². The molecule has 0 N–H and O–H groups in total. The van der Waals surface area contributed by atoms with Gasteiger partial charge in [0.1, 0.15) is 5.82 Å². The van der Waals surface area contributed by atoms with Crippen LogP contribution in [0.5, 0.6) is 0 Å². The number of para-hydroxylation sites is 1. The lowest BCUT2D eigenvalue weighted by Gasteiger charge is -2.32. The zero-order chi connectivity index (χ0) is 25.7. The van der Waals surface area contributed by atoms with Crippen LogP contribution >= 0.6 is 0 Å². The zero-order valence-corrected chi connectivity index (χ0v) is 21.7. The van der Waals surface area contributed by atoms with E-state index in [4.69, 9.17) is 4.98 Å². The number of rotatable bonds is 9. The Morgan fingerprint density at radius 3 is 2.28 bits per heavy atom. The minimum Gasteiger partial charge on any atom is -0.328 e. The molecule has 0 aliphatic heterocycles. The summed E-state index contributed by atoms with van der Waals surface area (Å²) in [5.74, 6) is 0.563. The van der Waals surface area contributed by atoms with Gasteiger partial charge in [-0.25, -0.2) is 4.98 Å². The number of hydrogen-bond acceptors (Lipinski definition) is 3. The van der Waals surface area contributed by atoms with Crippen LogP contribution in [0.15, 0.2) is 77.6 Å². The van der Waals surface area contributed by atoms with Crippen molar-refractivity contribution in [3.05, 3.63) is 106 Å². The van der Waals surface area contributed by atoms with Gasteiger partial charge in [-0.2, -0.15) is 0 Å². The minimum atomic E-state index is -0.353. The van der Waals surface area contributed by atoms with Crippen molar-refractivity contribution >= 4 is 16.8 Å². The summed E-state index contributed by atoms with van der Waals surface area (Å²) >= 11 is 0. The molecule has 1 amide bonds. The summed E-state index contributed by atoms with van der Waals surface area (Å²) in [6.07, 6.45) is 3.40. The second-order valence-electron chi connectivity index (χ2n) is 9.29. The van der Waals surface area contributed by atoms with E-state index in [2.05, 4.69) is 20.8 Å².